The highest BCUT2D eigenvalue weighted by Gasteiger charge is 2.34. The average molecular weight is 425 g/mol. The molecule has 3 atom stereocenters. The van der Waals surface area contributed by atoms with Crippen LogP contribution in [0.15, 0.2) is 72.8 Å². The number of fused-ring (bicyclic) bond motifs is 2. The maximum Gasteiger partial charge on any atom is 0.0991 e. The van der Waals surface area contributed by atoms with Crippen LogP contribution in [0.2, 0.25) is 0 Å². The van der Waals surface area contributed by atoms with Crippen LogP contribution >= 0.6 is 0 Å². The molecule has 0 fully saturated rings. The Morgan fingerprint density at radius 1 is 0.938 bits per heavy atom. The summed E-state index contributed by atoms with van der Waals surface area (Å²) in [5.74, 6) is 1.47. The molecular weight excluding hydrogens is 392 g/mol. The molecule has 32 heavy (non-hydrogen) atoms. The van der Waals surface area contributed by atoms with Gasteiger partial charge >= 0.3 is 0 Å². The Hall–Kier alpha value is -2.91. The van der Waals surface area contributed by atoms with E-state index in [1.807, 2.05) is 24.3 Å². The molecule has 1 aliphatic carbocycles. The molecule has 3 aromatic carbocycles. The van der Waals surface area contributed by atoms with Gasteiger partial charge < -0.3 is 5.11 Å². The molecular formula is C29H32N2O. The van der Waals surface area contributed by atoms with Crippen LogP contribution in [0.1, 0.15) is 68.4 Å². The van der Waals surface area contributed by atoms with E-state index in [0.29, 0.717) is 24.3 Å². The summed E-state index contributed by atoms with van der Waals surface area (Å²) >= 11 is 0. The normalized spacial score (nSPS) is 19.3. The van der Waals surface area contributed by atoms with Crippen molar-refractivity contribution in [1.29, 1.82) is 0 Å². The van der Waals surface area contributed by atoms with Gasteiger partial charge in [-0.15, -0.1) is 0 Å². The lowest BCUT2D eigenvalue weighted by Crippen LogP contribution is -2.22. The molecule has 1 N–H and O–H groups in total. The predicted octanol–water partition coefficient (Wildman–Crippen LogP) is 7.07. The Kier molecular flexibility index (Phi) is 5.60. The topological polar surface area (TPSA) is 38.0 Å². The van der Waals surface area contributed by atoms with Crippen molar-refractivity contribution in [3.05, 3.63) is 89.6 Å². The molecule has 1 aliphatic rings. The first-order valence-electron chi connectivity index (χ1n) is 11.9. The Labute approximate surface area is 190 Å². The third kappa shape index (κ3) is 3.65. The first-order valence-corrected chi connectivity index (χ1v) is 11.9. The van der Waals surface area contributed by atoms with Crippen molar-refractivity contribution in [3.63, 3.8) is 0 Å². The fourth-order valence-electron chi connectivity index (χ4n) is 5.48. The Balaban J connectivity index is 1.62. The minimum Gasteiger partial charge on any atom is -0.386 e. The highest BCUT2D eigenvalue weighted by atomic mass is 16.3. The van der Waals surface area contributed by atoms with Gasteiger partial charge in [0.25, 0.3) is 0 Å². The van der Waals surface area contributed by atoms with Gasteiger partial charge in [0.15, 0.2) is 0 Å². The highest BCUT2D eigenvalue weighted by molar-refractivity contribution is 5.86. The minimum atomic E-state index is -0.612. The summed E-state index contributed by atoms with van der Waals surface area (Å²) in [6, 6.07) is 25.0. The largest absolute Gasteiger partial charge is 0.386 e. The van der Waals surface area contributed by atoms with E-state index in [1.54, 1.807) is 0 Å². The molecule has 1 heterocycles. The van der Waals surface area contributed by atoms with E-state index in [1.165, 1.54) is 29.7 Å². The van der Waals surface area contributed by atoms with E-state index in [-0.39, 0.29) is 0 Å². The first-order chi connectivity index (χ1) is 15.5. The van der Waals surface area contributed by atoms with Gasteiger partial charge in [0.05, 0.1) is 18.3 Å². The average Bonchev–Trinajstić information content (AvgIpc) is 3.19. The Morgan fingerprint density at radius 2 is 1.66 bits per heavy atom. The van der Waals surface area contributed by atoms with Crippen molar-refractivity contribution in [2.45, 2.75) is 58.1 Å². The number of benzene rings is 3. The van der Waals surface area contributed by atoms with Crippen molar-refractivity contribution in [2.24, 2.45) is 5.92 Å². The van der Waals surface area contributed by atoms with Crippen molar-refractivity contribution < 1.29 is 5.11 Å². The van der Waals surface area contributed by atoms with Gasteiger partial charge in [-0.2, -0.15) is 5.10 Å². The molecule has 5 rings (SSSR count). The number of aliphatic hydroxyl groups is 1. The number of aromatic nitrogens is 2. The van der Waals surface area contributed by atoms with Crippen LogP contribution in [0.5, 0.6) is 0 Å². The standard InChI is InChI=1S/C29H32N2O/c1-19(2)23-17-16-20(3)27-28(22-11-5-4-6-12-22)30-31(29(23)27)18-26(32)25-15-9-13-21-10-7-8-14-24(21)25/h4-15,19-20,23,26,32H,16-18H2,1-3H3/t20-,23+,26-/m1/s1. The summed E-state index contributed by atoms with van der Waals surface area (Å²) in [4.78, 5) is 0. The van der Waals surface area contributed by atoms with E-state index in [9.17, 15) is 5.11 Å². The zero-order valence-corrected chi connectivity index (χ0v) is 19.2. The van der Waals surface area contributed by atoms with E-state index in [4.69, 9.17) is 5.10 Å². The van der Waals surface area contributed by atoms with Crippen molar-refractivity contribution in [2.75, 3.05) is 0 Å². The number of nitrogens with zero attached hydrogens (tertiary/aromatic N) is 2. The van der Waals surface area contributed by atoms with Crippen LogP contribution in [-0.4, -0.2) is 14.9 Å². The molecule has 0 amide bonds. The fraction of sp³-hybridized carbons (Fsp3) is 0.345. The van der Waals surface area contributed by atoms with Gasteiger partial charge in [0.2, 0.25) is 0 Å². The maximum atomic E-state index is 11.4. The minimum absolute atomic E-state index is 0.464. The molecule has 164 valence electrons. The van der Waals surface area contributed by atoms with Gasteiger partial charge in [-0.3, -0.25) is 4.68 Å². The third-order valence-corrected chi connectivity index (χ3v) is 7.16. The number of rotatable bonds is 5. The van der Waals surface area contributed by atoms with E-state index in [2.05, 4.69) is 74.0 Å². The quantitative estimate of drug-likeness (QED) is 0.372. The molecule has 3 nitrogen and oxygen atoms in total. The molecule has 4 aromatic rings. The molecule has 0 saturated heterocycles. The lowest BCUT2D eigenvalue weighted by molar-refractivity contribution is 0.150. The number of hydrogen-bond acceptors (Lipinski definition) is 2. The van der Waals surface area contributed by atoms with Crippen LogP contribution in [0.4, 0.5) is 0 Å². The van der Waals surface area contributed by atoms with Gasteiger partial charge in [-0.1, -0.05) is 93.6 Å². The van der Waals surface area contributed by atoms with Crippen LogP contribution < -0.4 is 0 Å². The summed E-state index contributed by atoms with van der Waals surface area (Å²) < 4.78 is 2.13. The molecule has 0 unspecified atom stereocenters. The van der Waals surface area contributed by atoms with Gasteiger partial charge in [-0.25, -0.2) is 0 Å². The smallest absolute Gasteiger partial charge is 0.0991 e. The van der Waals surface area contributed by atoms with E-state index < -0.39 is 6.10 Å². The molecule has 0 aliphatic heterocycles. The lowest BCUT2D eigenvalue weighted by atomic mass is 9.75. The highest BCUT2D eigenvalue weighted by Crippen LogP contribution is 2.46. The predicted molar refractivity (Wildman–Crippen MR) is 132 cm³/mol. The second-order valence-electron chi connectivity index (χ2n) is 9.61. The SMILES string of the molecule is CC(C)[C@@H]1CC[C@@H](C)c2c(-c3ccccc3)nn(C[C@@H](O)c3cccc4ccccc34)c21. The number of hydrogen-bond donors (Lipinski definition) is 1. The summed E-state index contributed by atoms with van der Waals surface area (Å²) in [6.07, 6.45) is 1.75. The summed E-state index contributed by atoms with van der Waals surface area (Å²) in [6.45, 7) is 7.42. The molecule has 0 radical (unpaired) electrons. The maximum absolute atomic E-state index is 11.4. The lowest BCUT2D eigenvalue weighted by Gasteiger charge is -2.31. The monoisotopic (exact) mass is 424 g/mol. The van der Waals surface area contributed by atoms with Crippen molar-refractivity contribution in [3.8, 4) is 11.3 Å². The molecule has 0 bridgehead atoms. The summed E-state index contributed by atoms with van der Waals surface area (Å²) in [7, 11) is 0. The Morgan fingerprint density at radius 3 is 2.44 bits per heavy atom. The van der Waals surface area contributed by atoms with Crippen molar-refractivity contribution >= 4 is 10.8 Å². The zero-order valence-electron chi connectivity index (χ0n) is 19.2. The molecule has 0 saturated carbocycles. The first kappa shape index (κ1) is 21.0. The summed E-state index contributed by atoms with van der Waals surface area (Å²) in [5, 5.41) is 18.8. The second kappa shape index (κ2) is 8.55. The van der Waals surface area contributed by atoms with E-state index >= 15 is 0 Å². The molecule has 3 heteroatoms. The fourth-order valence-corrected chi connectivity index (χ4v) is 5.48. The third-order valence-electron chi connectivity index (χ3n) is 7.16. The molecule has 1 aromatic heterocycles. The van der Waals surface area contributed by atoms with E-state index in [0.717, 1.165) is 22.0 Å². The van der Waals surface area contributed by atoms with Crippen LogP contribution in [0, 0.1) is 5.92 Å². The molecule has 0 spiro atoms. The zero-order chi connectivity index (χ0) is 22.2. The number of aliphatic hydroxyl groups excluding tert-OH is 1. The van der Waals surface area contributed by atoms with Crippen LogP contribution in [0.25, 0.3) is 22.0 Å². The summed E-state index contributed by atoms with van der Waals surface area (Å²) in [5.41, 5.74) is 5.93. The van der Waals surface area contributed by atoms with Gasteiger partial charge in [0.1, 0.15) is 0 Å². The van der Waals surface area contributed by atoms with Crippen molar-refractivity contribution in [1.82, 2.24) is 9.78 Å². The van der Waals surface area contributed by atoms with Gasteiger partial charge in [-0.05, 0) is 41.0 Å². The second-order valence-corrected chi connectivity index (χ2v) is 9.61. The Bertz CT molecular complexity index is 1220. The van der Waals surface area contributed by atoms with Crippen LogP contribution in [0.3, 0.4) is 0 Å². The van der Waals surface area contributed by atoms with Crippen LogP contribution in [-0.2, 0) is 6.54 Å². The van der Waals surface area contributed by atoms with Gasteiger partial charge in [0, 0.05) is 22.7 Å².